The molecule has 0 saturated heterocycles. The van der Waals surface area contributed by atoms with Crippen LogP contribution >= 0.6 is 11.8 Å². The molecular formula is C10H13N5O2S. The Morgan fingerprint density at radius 1 is 1.78 bits per heavy atom. The van der Waals surface area contributed by atoms with Crippen LogP contribution in [-0.2, 0) is 4.79 Å². The Hall–Kier alpha value is -2.09. The van der Waals surface area contributed by atoms with Gasteiger partial charge in [-0.2, -0.15) is 0 Å². The average Bonchev–Trinajstić information content (AvgIpc) is 2.33. The molecule has 0 fully saturated rings. The minimum atomic E-state index is -1.15. The number of carboxylic acids is 1. The minimum absolute atomic E-state index is 0.368. The molecule has 18 heavy (non-hydrogen) atoms. The maximum absolute atomic E-state index is 11.2. The van der Waals surface area contributed by atoms with Crippen molar-refractivity contribution in [3.8, 4) is 0 Å². The third-order valence-corrected chi connectivity index (χ3v) is 2.91. The second-order valence-corrected chi connectivity index (χ2v) is 4.22. The number of carbonyl (C=O) groups is 1. The lowest BCUT2D eigenvalue weighted by Crippen LogP contribution is -2.38. The predicted molar refractivity (Wildman–Crippen MR) is 68.4 cm³/mol. The Labute approximate surface area is 108 Å². The van der Waals surface area contributed by atoms with Gasteiger partial charge in [0.15, 0.2) is 12.0 Å². The molecule has 1 aromatic rings. The molecule has 1 rings (SSSR count). The normalized spacial score (nSPS) is 11.6. The Morgan fingerprint density at radius 2 is 2.50 bits per heavy atom. The van der Waals surface area contributed by atoms with Crippen LogP contribution in [0.1, 0.15) is 11.6 Å². The molecule has 0 spiro atoms. The number of thioether (sulfide) groups is 1. The Balaban J connectivity index is 3.06. The van der Waals surface area contributed by atoms with E-state index in [-0.39, 0.29) is 0 Å². The fourth-order valence-electron chi connectivity index (χ4n) is 1.21. The monoisotopic (exact) mass is 267 g/mol. The van der Waals surface area contributed by atoms with E-state index < -0.39 is 18.0 Å². The Morgan fingerprint density at radius 3 is 3.06 bits per heavy atom. The first-order valence-electron chi connectivity index (χ1n) is 4.93. The van der Waals surface area contributed by atoms with Gasteiger partial charge in [-0.3, -0.25) is 5.41 Å². The summed E-state index contributed by atoms with van der Waals surface area (Å²) in [4.78, 5) is 19.0. The van der Waals surface area contributed by atoms with Crippen molar-refractivity contribution in [2.45, 2.75) is 11.1 Å². The molecule has 0 saturated carbocycles. The van der Waals surface area contributed by atoms with Crippen LogP contribution in [0.15, 0.2) is 30.2 Å². The van der Waals surface area contributed by atoms with Gasteiger partial charge in [0.2, 0.25) is 0 Å². The quantitative estimate of drug-likeness (QED) is 0.193. The van der Waals surface area contributed by atoms with Gasteiger partial charge in [0.25, 0.3) is 0 Å². The molecule has 0 radical (unpaired) electrons. The molecule has 0 aliphatic rings. The summed E-state index contributed by atoms with van der Waals surface area (Å²) in [5.41, 5.74) is 5.53. The summed E-state index contributed by atoms with van der Waals surface area (Å²) in [7, 11) is 0. The van der Waals surface area contributed by atoms with Crippen molar-refractivity contribution >= 4 is 23.7 Å². The van der Waals surface area contributed by atoms with Crippen molar-refractivity contribution in [2.24, 2.45) is 5.73 Å². The smallest absolute Gasteiger partial charge is 0.331 e. The van der Waals surface area contributed by atoms with Crippen LogP contribution in [-0.4, -0.2) is 32.8 Å². The topological polar surface area (TPSA) is 125 Å². The molecule has 96 valence electrons. The van der Waals surface area contributed by atoms with Gasteiger partial charge in [-0.05, 0) is 0 Å². The average molecular weight is 267 g/mol. The summed E-state index contributed by atoms with van der Waals surface area (Å²) >= 11 is 1.34. The summed E-state index contributed by atoms with van der Waals surface area (Å²) in [5.74, 6) is -0.984. The van der Waals surface area contributed by atoms with Gasteiger partial charge in [0.1, 0.15) is 11.4 Å². The fraction of sp³-hybridized carbons (Fsp3) is 0.200. The van der Waals surface area contributed by atoms with Crippen molar-refractivity contribution in [1.29, 1.82) is 5.41 Å². The van der Waals surface area contributed by atoms with Gasteiger partial charge < -0.3 is 16.2 Å². The summed E-state index contributed by atoms with van der Waals surface area (Å²) in [6.07, 6.45) is 4.42. The maximum Gasteiger partial charge on any atom is 0.331 e. The van der Waals surface area contributed by atoms with E-state index in [2.05, 4.69) is 21.9 Å². The molecule has 7 nitrogen and oxygen atoms in total. The molecule has 1 atom stereocenters. The van der Waals surface area contributed by atoms with Crippen molar-refractivity contribution in [3.63, 3.8) is 0 Å². The summed E-state index contributed by atoms with van der Waals surface area (Å²) in [6.45, 7) is 3.58. The van der Waals surface area contributed by atoms with E-state index in [1.165, 1.54) is 24.3 Å². The Kier molecular flexibility index (Phi) is 5.12. The number of carboxylic acid groups (broad SMARTS) is 1. The van der Waals surface area contributed by atoms with Crippen molar-refractivity contribution in [2.75, 3.05) is 5.75 Å². The van der Waals surface area contributed by atoms with Crippen LogP contribution in [0.5, 0.6) is 0 Å². The number of hydrogen-bond acceptors (Lipinski definition) is 5. The van der Waals surface area contributed by atoms with E-state index in [9.17, 15) is 4.79 Å². The van der Waals surface area contributed by atoms with Crippen LogP contribution in [0, 0.1) is 5.41 Å². The summed E-state index contributed by atoms with van der Waals surface area (Å²) in [6, 6.07) is -1.14. The highest BCUT2D eigenvalue weighted by atomic mass is 32.2. The van der Waals surface area contributed by atoms with Gasteiger partial charge in [0, 0.05) is 17.5 Å². The third-order valence-electron chi connectivity index (χ3n) is 1.90. The lowest BCUT2D eigenvalue weighted by Gasteiger charge is -2.16. The van der Waals surface area contributed by atoms with Crippen LogP contribution in [0.25, 0.3) is 0 Å². The first kappa shape index (κ1) is 14.0. The van der Waals surface area contributed by atoms with Crippen molar-refractivity contribution < 1.29 is 9.90 Å². The first-order chi connectivity index (χ1) is 8.56. The first-order valence-corrected chi connectivity index (χ1v) is 5.91. The van der Waals surface area contributed by atoms with Crippen molar-refractivity contribution in [1.82, 2.24) is 15.3 Å². The lowest BCUT2D eigenvalue weighted by molar-refractivity contribution is -0.139. The number of nitrogens with zero attached hydrogens (tertiary/aromatic N) is 2. The highest BCUT2D eigenvalue weighted by Crippen LogP contribution is 2.24. The van der Waals surface area contributed by atoms with E-state index in [0.717, 1.165) is 0 Å². The van der Waals surface area contributed by atoms with E-state index in [1.54, 1.807) is 6.08 Å². The number of nitrogens with one attached hydrogen (secondary N) is 2. The second-order valence-electron chi connectivity index (χ2n) is 3.21. The zero-order valence-electron chi connectivity index (χ0n) is 9.46. The molecule has 0 bridgehead atoms. The van der Waals surface area contributed by atoms with Crippen LogP contribution in [0.4, 0.5) is 0 Å². The summed E-state index contributed by atoms with van der Waals surface area (Å²) < 4.78 is 0. The standard InChI is InChI=1S/C10H13N5O2S/c1-2-3-18-8-6(4-13-5-14-8)7(9(16)17)15-10(11)12/h2,4-5,7H,1,3H2,(H,16,17)(H4,11,12,15). The molecule has 0 aliphatic heterocycles. The van der Waals surface area contributed by atoms with Crippen LogP contribution < -0.4 is 11.1 Å². The number of aromatic nitrogens is 2. The number of nitrogens with two attached hydrogens (primary N) is 1. The molecule has 5 N–H and O–H groups in total. The maximum atomic E-state index is 11.2. The molecule has 1 unspecified atom stereocenters. The van der Waals surface area contributed by atoms with Gasteiger partial charge in [-0.1, -0.05) is 6.08 Å². The second kappa shape index (κ2) is 6.60. The number of rotatable bonds is 6. The highest BCUT2D eigenvalue weighted by Gasteiger charge is 2.24. The highest BCUT2D eigenvalue weighted by molar-refractivity contribution is 7.99. The van der Waals surface area contributed by atoms with Crippen LogP contribution in [0.2, 0.25) is 0 Å². The predicted octanol–water partition coefficient (Wildman–Crippen LogP) is 0.363. The molecule has 0 aromatic carbocycles. The zero-order chi connectivity index (χ0) is 13.5. The number of aliphatic carboxylic acids is 1. The van der Waals surface area contributed by atoms with E-state index in [4.69, 9.17) is 16.2 Å². The molecule has 1 aromatic heterocycles. The molecule has 1 heterocycles. The van der Waals surface area contributed by atoms with Crippen LogP contribution in [0.3, 0.4) is 0 Å². The fourth-order valence-corrected chi connectivity index (χ4v) is 1.95. The zero-order valence-corrected chi connectivity index (χ0v) is 10.3. The Bertz CT molecular complexity index is 465. The van der Waals surface area contributed by atoms with Gasteiger partial charge >= 0.3 is 5.97 Å². The molecule has 0 aliphatic carbocycles. The van der Waals surface area contributed by atoms with Gasteiger partial charge in [-0.15, -0.1) is 18.3 Å². The number of guanidine groups is 1. The SMILES string of the molecule is C=CCSc1ncncc1C(NC(=N)N)C(=O)O. The van der Waals surface area contributed by atoms with E-state index in [1.807, 2.05) is 0 Å². The van der Waals surface area contributed by atoms with Crippen molar-refractivity contribution in [3.05, 3.63) is 30.7 Å². The lowest BCUT2D eigenvalue weighted by atomic mass is 10.1. The summed E-state index contributed by atoms with van der Waals surface area (Å²) in [5, 5.41) is 19.1. The molecule has 8 heteroatoms. The molecule has 0 amide bonds. The molecular weight excluding hydrogens is 254 g/mol. The van der Waals surface area contributed by atoms with Gasteiger partial charge in [-0.25, -0.2) is 14.8 Å². The van der Waals surface area contributed by atoms with Gasteiger partial charge in [0.05, 0.1) is 0 Å². The van der Waals surface area contributed by atoms with E-state index >= 15 is 0 Å². The largest absolute Gasteiger partial charge is 0.479 e. The third kappa shape index (κ3) is 3.74. The van der Waals surface area contributed by atoms with E-state index in [0.29, 0.717) is 16.3 Å². The minimum Gasteiger partial charge on any atom is -0.479 e. The number of hydrogen-bond donors (Lipinski definition) is 4.